The lowest BCUT2D eigenvalue weighted by Gasteiger charge is -2.38. The maximum absolute atomic E-state index is 11.1. The number of ether oxygens (including phenoxy) is 2. The molecule has 9 heteroatoms. The van der Waals surface area contributed by atoms with E-state index >= 15 is 0 Å². The maximum atomic E-state index is 11.1. The van der Waals surface area contributed by atoms with Gasteiger partial charge in [0.25, 0.3) is 0 Å². The van der Waals surface area contributed by atoms with Crippen LogP contribution in [0, 0.1) is 5.92 Å². The minimum atomic E-state index is -1.28. The van der Waals surface area contributed by atoms with Crippen LogP contribution in [0.2, 0.25) is 0 Å². The number of aliphatic hydroxyl groups is 2. The molecule has 0 aromatic rings. The van der Waals surface area contributed by atoms with Crippen molar-refractivity contribution in [2.75, 3.05) is 13.7 Å². The van der Waals surface area contributed by atoms with E-state index in [1.165, 1.54) is 13.2 Å². The molecule has 120 valence electrons. The molecule has 0 amide bonds. The lowest BCUT2D eigenvalue weighted by molar-refractivity contribution is -0.150. The first kappa shape index (κ1) is 17.2. The van der Waals surface area contributed by atoms with Gasteiger partial charge >= 0.3 is 5.97 Å². The molecular weight excluding hydrogens is 282 g/mol. The van der Waals surface area contributed by atoms with E-state index in [9.17, 15) is 9.90 Å². The van der Waals surface area contributed by atoms with Crippen molar-refractivity contribution in [3.05, 3.63) is 11.8 Å². The number of methoxy groups -OCH3 is 1. The maximum Gasteiger partial charge on any atom is 0.370 e. The number of aliphatic imine (C=N–C) groups is 1. The molecule has 5 atom stereocenters. The van der Waals surface area contributed by atoms with Crippen LogP contribution in [-0.4, -0.2) is 65.3 Å². The van der Waals surface area contributed by atoms with Gasteiger partial charge in [0.1, 0.15) is 18.3 Å². The van der Waals surface area contributed by atoms with Crippen molar-refractivity contribution in [1.29, 1.82) is 0 Å². The van der Waals surface area contributed by atoms with Gasteiger partial charge in [-0.05, 0) is 6.08 Å². The molecule has 0 saturated carbocycles. The van der Waals surface area contributed by atoms with Crippen molar-refractivity contribution >= 4 is 11.9 Å². The number of guanidine groups is 1. The van der Waals surface area contributed by atoms with Gasteiger partial charge in [0.15, 0.2) is 5.96 Å². The Hall–Kier alpha value is -1.84. The molecule has 0 spiro atoms. The lowest BCUT2D eigenvalue weighted by Crippen LogP contribution is -2.50. The SMILES string of the molecule is CO[C@@H]([C@@H]1OC(C(=O)O)=C[C@H](N=C(N)N)[C@H]1C)[C@H](O)CO. The second kappa shape index (κ2) is 7.25. The average molecular weight is 303 g/mol. The van der Waals surface area contributed by atoms with E-state index in [1.54, 1.807) is 6.92 Å². The molecule has 0 fully saturated rings. The van der Waals surface area contributed by atoms with Crippen molar-refractivity contribution in [3.8, 4) is 0 Å². The molecule has 0 aromatic heterocycles. The van der Waals surface area contributed by atoms with E-state index in [-0.39, 0.29) is 17.6 Å². The quantitative estimate of drug-likeness (QED) is 0.278. The summed E-state index contributed by atoms with van der Waals surface area (Å²) >= 11 is 0. The molecule has 7 N–H and O–H groups in total. The number of aliphatic hydroxyl groups excluding tert-OH is 2. The van der Waals surface area contributed by atoms with Crippen molar-refractivity contribution in [2.24, 2.45) is 22.4 Å². The van der Waals surface area contributed by atoms with Crippen LogP contribution in [0.25, 0.3) is 0 Å². The third-order valence-corrected chi connectivity index (χ3v) is 3.31. The van der Waals surface area contributed by atoms with Crippen LogP contribution in [0.15, 0.2) is 16.8 Å². The molecule has 0 saturated heterocycles. The molecule has 0 bridgehead atoms. The van der Waals surface area contributed by atoms with E-state index in [0.717, 1.165) is 0 Å². The normalized spacial score (nSPS) is 28.0. The largest absolute Gasteiger partial charge is 0.480 e. The second-order valence-electron chi connectivity index (χ2n) is 4.77. The molecule has 1 rings (SSSR count). The molecule has 21 heavy (non-hydrogen) atoms. The van der Waals surface area contributed by atoms with Crippen LogP contribution in [0.3, 0.4) is 0 Å². The monoisotopic (exact) mass is 303 g/mol. The molecule has 1 heterocycles. The molecule has 9 nitrogen and oxygen atoms in total. The Balaban J connectivity index is 3.13. The fraction of sp³-hybridized carbons (Fsp3) is 0.667. The van der Waals surface area contributed by atoms with Gasteiger partial charge in [0.05, 0.1) is 12.6 Å². The lowest BCUT2D eigenvalue weighted by atomic mass is 9.87. The third kappa shape index (κ3) is 4.06. The van der Waals surface area contributed by atoms with Gasteiger partial charge in [-0.1, -0.05) is 6.92 Å². The van der Waals surface area contributed by atoms with E-state index < -0.39 is 36.9 Å². The Labute approximate surface area is 121 Å². The van der Waals surface area contributed by atoms with Crippen LogP contribution < -0.4 is 11.5 Å². The number of aliphatic carboxylic acids is 1. The second-order valence-corrected chi connectivity index (χ2v) is 4.77. The van der Waals surface area contributed by atoms with E-state index in [4.69, 9.17) is 31.2 Å². The van der Waals surface area contributed by atoms with Crippen LogP contribution in [0.1, 0.15) is 6.92 Å². The number of carbonyl (C=O) groups is 1. The van der Waals surface area contributed by atoms with Gasteiger partial charge in [-0.25, -0.2) is 9.79 Å². The van der Waals surface area contributed by atoms with E-state index in [0.29, 0.717) is 0 Å². The minimum absolute atomic E-state index is 0.190. The number of nitrogens with zero attached hydrogens (tertiary/aromatic N) is 1. The predicted molar refractivity (Wildman–Crippen MR) is 73.2 cm³/mol. The molecule has 1 aliphatic rings. The van der Waals surface area contributed by atoms with Crippen molar-refractivity contribution in [1.82, 2.24) is 0 Å². The fourth-order valence-electron chi connectivity index (χ4n) is 2.22. The predicted octanol–water partition coefficient (Wildman–Crippen LogP) is -2.00. The number of nitrogens with two attached hydrogens (primary N) is 2. The summed E-state index contributed by atoms with van der Waals surface area (Å²) in [5.41, 5.74) is 10.7. The highest BCUT2D eigenvalue weighted by atomic mass is 16.6. The molecule has 0 aliphatic carbocycles. The van der Waals surface area contributed by atoms with Gasteiger partial charge in [-0.15, -0.1) is 0 Å². The van der Waals surface area contributed by atoms with Gasteiger partial charge < -0.3 is 36.3 Å². The standard InChI is InChI=1S/C12H21N3O6/c1-5-6(15-12(13)14)3-8(11(18)19)21-9(5)10(20-2)7(17)4-16/h3,5-7,9-10,16-17H,4H2,1-2H3,(H,18,19)(H4,13,14,15)/t5-,6+,7-,9-,10-/m1/s1. The summed E-state index contributed by atoms with van der Waals surface area (Å²) in [4.78, 5) is 15.1. The summed E-state index contributed by atoms with van der Waals surface area (Å²) in [5, 5.41) is 27.9. The Kier molecular flexibility index (Phi) is 5.94. The zero-order chi connectivity index (χ0) is 16.2. The van der Waals surface area contributed by atoms with Crippen LogP contribution in [0.4, 0.5) is 0 Å². The molecular formula is C12H21N3O6. The number of rotatable bonds is 6. The summed E-state index contributed by atoms with van der Waals surface area (Å²) in [6, 6.07) is -0.636. The van der Waals surface area contributed by atoms with Gasteiger partial charge in [0.2, 0.25) is 5.76 Å². The van der Waals surface area contributed by atoms with Crippen LogP contribution in [-0.2, 0) is 14.3 Å². The Morgan fingerprint density at radius 2 is 2.19 bits per heavy atom. The molecule has 0 aromatic carbocycles. The number of carboxylic acid groups (broad SMARTS) is 1. The van der Waals surface area contributed by atoms with Gasteiger partial charge in [-0.2, -0.15) is 0 Å². The minimum Gasteiger partial charge on any atom is -0.480 e. The van der Waals surface area contributed by atoms with Gasteiger partial charge in [0, 0.05) is 13.0 Å². The smallest absolute Gasteiger partial charge is 0.370 e. The Morgan fingerprint density at radius 3 is 2.62 bits per heavy atom. The molecule has 0 unspecified atom stereocenters. The van der Waals surface area contributed by atoms with E-state index in [2.05, 4.69) is 4.99 Å². The zero-order valence-corrected chi connectivity index (χ0v) is 11.8. The topological polar surface area (TPSA) is 161 Å². The highest BCUT2D eigenvalue weighted by Crippen LogP contribution is 2.30. The van der Waals surface area contributed by atoms with Gasteiger partial charge in [-0.3, -0.25) is 0 Å². The summed E-state index contributed by atoms with van der Waals surface area (Å²) in [7, 11) is 1.33. The summed E-state index contributed by atoms with van der Waals surface area (Å²) in [6.07, 6.45) is -1.69. The summed E-state index contributed by atoms with van der Waals surface area (Å²) < 4.78 is 10.5. The van der Waals surface area contributed by atoms with Crippen molar-refractivity contribution in [3.63, 3.8) is 0 Å². The average Bonchev–Trinajstić information content (AvgIpc) is 2.42. The van der Waals surface area contributed by atoms with Crippen molar-refractivity contribution in [2.45, 2.75) is 31.3 Å². The number of carboxylic acids is 1. The summed E-state index contributed by atoms with van der Waals surface area (Å²) in [5.74, 6) is -2.18. The highest BCUT2D eigenvalue weighted by Gasteiger charge is 2.41. The first-order valence-corrected chi connectivity index (χ1v) is 6.34. The molecule has 0 radical (unpaired) electrons. The highest BCUT2D eigenvalue weighted by molar-refractivity contribution is 5.85. The zero-order valence-electron chi connectivity index (χ0n) is 11.8. The van der Waals surface area contributed by atoms with Crippen LogP contribution in [0.5, 0.6) is 0 Å². The third-order valence-electron chi connectivity index (χ3n) is 3.31. The first-order chi connectivity index (χ1) is 9.81. The summed E-state index contributed by atoms with van der Waals surface area (Å²) in [6.45, 7) is 1.18. The van der Waals surface area contributed by atoms with Crippen LogP contribution >= 0.6 is 0 Å². The first-order valence-electron chi connectivity index (χ1n) is 6.34. The molecule has 1 aliphatic heterocycles. The fourth-order valence-corrected chi connectivity index (χ4v) is 2.22. The number of hydrogen-bond donors (Lipinski definition) is 5. The van der Waals surface area contributed by atoms with E-state index in [1.807, 2.05) is 0 Å². The number of hydrogen-bond acceptors (Lipinski definition) is 6. The Bertz CT molecular complexity index is 435. The Morgan fingerprint density at radius 1 is 1.57 bits per heavy atom. The van der Waals surface area contributed by atoms with Crippen molar-refractivity contribution < 1.29 is 29.6 Å².